The number of amides is 1. The summed E-state index contributed by atoms with van der Waals surface area (Å²) in [4.78, 5) is 30.3. The second-order valence-corrected chi connectivity index (χ2v) is 7.96. The number of hydrogen-bond donors (Lipinski definition) is 1. The van der Waals surface area contributed by atoms with Crippen molar-refractivity contribution in [2.24, 2.45) is 0 Å². The van der Waals surface area contributed by atoms with Gasteiger partial charge in [-0.2, -0.15) is 0 Å². The van der Waals surface area contributed by atoms with E-state index in [1.807, 2.05) is 0 Å². The molecule has 9 nitrogen and oxygen atoms in total. The number of methoxy groups -OCH3 is 2. The lowest BCUT2D eigenvalue weighted by atomic mass is 9.94. The van der Waals surface area contributed by atoms with Gasteiger partial charge in [0.25, 0.3) is 5.91 Å². The van der Waals surface area contributed by atoms with Gasteiger partial charge in [0.15, 0.2) is 11.5 Å². The van der Waals surface area contributed by atoms with Crippen molar-refractivity contribution in [3.05, 3.63) is 58.7 Å². The number of morpholine rings is 1. The minimum Gasteiger partial charge on any atom is -0.503 e. The standard InChI is InChI=1S/C24H28N2O7/c1-15-4-6-19(33-15)22(27)20-21(17-14-16(30-2)5-7-18(17)31-3)26(24(29)23(20)28)9-8-25-10-12-32-13-11-25/h4-7,14,21,28H,8-13H2,1-3H3/t21-/m0/s1. The van der Waals surface area contributed by atoms with Gasteiger partial charge in [0, 0.05) is 31.7 Å². The molecular weight excluding hydrogens is 428 g/mol. The number of carbonyl (C=O) groups excluding carboxylic acids is 2. The lowest BCUT2D eigenvalue weighted by Gasteiger charge is -2.32. The van der Waals surface area contributed by atoms with Gasteiger partial charge in [-0.05, 0) is 37.3 Å². The Balaban J connectivity index is 1.75. The van der Waals surface area contributed by atoms with E-state index in [1.54, 1.807) is 37.3 Å². The van der Waals surface area contributed by atoms with E-state index < -0.39 is 23.5 Å². The number of hydrogen-bond acceptors (Lipinski definition) is 8. The number of rotatable bonds is 8. The zero-order valence-corrected chi connectivity index (χ0v) is 19.0. The first-order valence-electron chi connectivity index (χ1n) is 10.8. The molecule has 1 atom stereocenters. The molecule has 1 N–H and O–H groups in total. The third-order valence-electron chi connectivity index (χ3n) is 6.00. The number of Topliss-reactive ketones (excluding diaryl/α,β-unsaturated/α-hetero) is 1. The van der Waals surface area contributed by atoms with Crippen molar-refractivity contribution >= 4 is 11.7 Å². The minimum absolute atomic E-state index is 0.0390. The SMILES string of the molecule is COc1ccc(OC)c([C@H]2C(C(=O)c3ccc(C)o3)=C(O)C(=O)N2CCN2CCOCC2)c1. The topological polar surface area (TPSA) is 102 Å². The molecule has 0 saturated carbocycles. The number of ketones is 1. The van der Waals surface area contributed by atoms with Gasteiger partial charge in [0.1, 0.15) is 17.3 Å². The Bertz CT molecular complexity index is 1070. The van der Waals surface area contributed by atoms with Gasteiger partial charge in [-0.15, -0.1) is 0 Å². The fourth-order valence-electron chi connectivity index (χ4n) is 4.26. The summed E-state index contributed by atoms with van der Waals surface area (Å²) in [6.07, 6.45) is 0. The van der Waals surface area contributed by atoms with Gasteiger partial charge in [0.05, 0.1) is 39.0 Å². The van der Waals surface area contributed by atoms with E-state index in [9.17, 15) is 14.7 Å². The Morgan fingerprint density at radius 3 is 2.52 bits per heavy atom. The van der Waals surface area contributed by atoms with Crippen LogP contribution in [0.1, 0.15) is 27.9 Å². The van der Waals surface area contributed by atoms with E-state index in [2.05, 4.69) is 4.90 Å². The van der Waals surface area contributed by atoms with Crippen molar-refractivity contribution in [2.45, 2.75) is 13.0 Å². The van der Waals surface area contributed by atoms with Crippen LogP contribution in [0.25, 0.3) is 0 Å². The first-order valence-corrected chi connectivity index (χ1v) is 10.8. The Kier molecular flexibility index (Phi) is 6.71. The summed E-state index contributed by atoms with van der Waals surface area (Å²) in [7, 11) is 3.05. The quantitative estimate of drug-likeness (QED) is 0.605. The Hall–Kier alpha value is -3.30. The monoisotopic (exact) mass is 456 g/mol. The van der Waals surface area contributed by atoms with Crippen LogP contribution < -0.4 is 9.47 Å². The van der Waals surface area contributed by atoms with E-state index in [0.717, 1.165) is 13.1 Å². The maximum absolute atomic E-state index is 13.4. The van der Waals surface area contributed by atoms with E-state index >= 15 is 0 Å². The molecule has 2 aliphatic rings. The van der Waals surface area contributed by atoms with Gasteiger partial charge in [-0.3, -0.25) is 14.5 Å². The van der Waals surface area contributed by atoms with Gasteiger partial charge < -0.3 is 28.6 Å². The van der Waals surface area contributed by atoms with Crippen LogP contribution >= 0.6 is 0 Å². The van der Waals surface area contributed by atoms with E-state index in [-0.39, 0.29) is 11.3 Å². The molecule has 176 valence electrons. The number of benzene rings is 1. The van der Waals surface area contributed by atoms with Crippen LogP contribution in [-0.4, -0.2) is 80.2 Å². The third kappa shape index (κ3) is 4.46. The van der Waals surface area contributed by atoms with E-state index in [4.69, 9.17) is 18.6 Å². The molecule has 4 rings (SSSR count). The van der Waals surface area contributed by atoms with E-state index in [0.29, 0.717) is 49.1 Å². The molecule has 0 bridgehead atoms. The van der Waals surface area contributed by atoms with Crippen LogP contribution in [0.4, 0.5) is 0 Å². The molecule has 3 heterocycles. The van der Waals surface area contributed by atoms with Crippen LogP contribution in [0.5, 0.6) is 11.5 Å². The summed E-state index contributed by atoms with van der Waals surface area (Å²) in [5.74, 6) is -0.0986. The number of nitrogens with zero attached hydrogens (tertiary/aromatic N) is 2. The highest BCUT2D eigenvalue weighted by Crippen LogP contribution is 2.43. The lowest BCUT2D eigenvalue weighted by Crippen LogP contribution is -2.43. The zero-order valence-electron chi connectivity index (χ0n) is 19.0. The first kappa shape index (κ1) is 22.9. The number of furan rings is 1. The molecule has 0 unspecified atom stereocenters. The second-order valence-electron chi connectivity index (χ2n) is 7.96. The van der Waals surface area contributed by atoms with Gasteiger partial charge >= 0.3 is 0 Å². The summed E-state index contributed by atoms with van der Waals surface area (Å²) in [6.45, 7) is 5.38. The fourth-order valence-corrected chi connectivity index (χ4v) is 4.26. The smallest absolute Gasteiger partial charge is 0.290 e. The highest BCUT2D eigenvalue weighted by atomic mass is 16.5. The molecule has 9 heteroatoms. The average Bonchev–Trinajstić information content (AvgIpc) is 3.38. The molecule has 0 radical (unpaired) electrons. The number of carbonyl (C=O) groups is 2. The average molecular weight is 456 g/mol. The summed E-state index contributed by atoms with van der Waals surface area (Å²) in [6, 6.07) is 7.52. The molecule has 33 heavy (non-hydrogen) atoms. The number of ether oxygens (including phenoxy) is 3. The molecule has 1 aromatic carbocycles. The Morgan fingerprint density at radius 1 is 1.12 bits per heavy atom. The van der Waals surface area contributed by atoms with Crippen molar-refractivity contribution in [3.63, 3.8) is 0 Å². The number of aryl methyl sites for hydroxylation is 1. The Labute approximate surface area is 192 Å². The van der Waals surface area contributed by atoms with Crippen molar-refractivity contribution in [3.8, 4) is 11.5 Å². The molecule has 0 aliphatic carbocycles. The Morgan fingerprint density at radius 2 is 1.88 bits per heavy atom. The van der Waals surface area contributed by atoms with Crippen LogP contribution in [0.2, 0.25) is 0 Å². The molecule has 2 aromatic rings. The van der Waals surface area contributed by atoms with E-state index in [1.165, 1.54) is 19.1 Å². The lowest BCUT2D eigenvalue weighted by molar-refractivity contribution is -0.129. The van der Waals surface area contributed by atoms with Gasteiger partial charge in [-0.25, -0.2) is 0 Å². The molecule has 1 amide bonds. The second kappa shape index (κ2) is 9.68. The van der Waals surface area contributed by atoms with Crippen LogP contribution in [0.3, 0.4) is 0 Å². The maximum atomic E-state index is 13.4. The minimum atomic E-state index is -0.860. The van der Waals surface area contributed by atoms with Crippen LogP contribution in [-0.2, 0) is 9.53 Å². The molecule has 0 spiro atoms. The molecule has 1 aromatic heterocycles. The highest BCUT2D eigenvalue weighted by molar-refractivity contribution is 6.15. The van der Waals surface area contributed by atoms with Crippen LogP contribution in [0.15, 0.2) is 46.1 Å². The number of aliphatic hydroxyl groups excluding tert-OH is 1. The summed E-state index contributed by atoms with van der Waals surface area (Å²) < 4.78 is 21.8. The normalized spacial score (nSPS) is 19.3. The maximum Gasteiger partial charge on any atom is 0.290 e. The third-order valence-corrected chi connectivity index (χ3v) is 6.00. The van der Waals surface area contributed by atoms with Gasteiger partial charge in [-0.1, -0.05) is 0 Å². The zero-order chi connectivity index (χ0) is 23.5. The first-order chi connectivity index (χ1) is 15.9. The molecule has 2 aliphatic heterocycles. The number of aliphatic hydroxyl groups is 1. The summed E-state index contributed by atoms with van der Waals surface area (Å²) >= 11 is 0. The van der Waals surface area contributed by atoms with Crippen LogP contribution in [0, 0.1) is 6.92 Å². The summed E-state index contributed by atoms with van der Waals surface area (Å²) in [5, 5.41) is 10.8. The van der Waals surface area contributed by atoms with Crippen molar-refractivity contribution in [2.75, 3.05) is 53.6 Å². The largest absolute Gasteiger partial charge is 0.503 e. The van der Waals surface area contributed by atoms with Crippen molar-refractivity contribution in [1.82, 2.24) is 9.80 Å². The molecule has 1 fully saturated rings. The molecular formula is C24H28N2O7. The highest BCUT2D eigenvalue weighted by Gasteiger charge is 2.45. The predicted octanol–water partition coefficient (Wildman–Crippen LogP) is 2.52. The van der Waals surface area contributed by atoms with Gasteiger partial charge in [0.2, 0.25) is 5.78 Å². The van der Waals surface area contributed by atoms with Crippen molar-refractivity contribution in [1.29, 1.82) is 0 Å². The fraction of sp³-hybridized carbons (Fsp3) is 0.417. The predicted molar refractivity (Wildman–Crippen MR) is 119 cm³/mol. The van der Waals surface area contributed by atoms with Crippen molar-refractivity contribution < 1.29 is 33.3 Å². The molecule has 1 saturated heterocycles. The summed E-state index contributed by atoms with van der Waals surface area (Å²) in [5.41, 5.74) is 0.505.